The van der Waals surface area contributed by atoms with Gasteiger partial charge in [-0.2, -0.15) is 5.26 Å². The number of rotatable bonds is 5. The van der Waals surface area contributed by atoms with Gasteiger partial charge in [0.15, 0.2) is 10.8 Å². The first-order chi connectivity index (χ1) is 12.8. The van der Waals surface area contributed by atoms with E-state index in [1.807, 2.05) is 31.1 Å². The maximum Gasteiger partial charge on any atom is 0.309 e. The molecule has 27 heavy (non-hydrogen) atoms. The first-order valence-electron chi connectivity index (χ1n) is 8.58. The second-order valence-corrected chi connectivity index (χ2v) is 8.14. The highest BCUT2D eigenvalue weighted by Crippen LogP contribution is 2.34. The van der Waals surface area contributed by atoms with Crippen molar-refractivity contribution in [3.63, 3.8) is 0 Å². The molecule has 1 aromatic heterocycles. The van der Waals surface area contributed by atoms with Gasteiger partial charge in [-0.1, -0.05) is 0 Å². The van der Waals surface area contributed by atoms with Crippen LogP contribution in [0.3, 0.4) is 0 Å². The molecule has 3 rings (SSSR count). The van der Waals surface area contributed by atoms with E-state index in [0.717, 1.165) is 0 Å². The van der Waals surface area contributed by atoms with E-state index in [2.05, 4.69) is 4.98 Å². The van der Waals surface area contributed by atoms with Gasteiger partial charge in [0, 0.05) is 11.4 Å². The molecule has 0 saturated carbocycles. The predicted molar refractivity (Wildman–Crippen MR) is 105 cm³/mol. The number of hydrogen-bond acceptors (Lipinski definition) is 7. The van der Waals surface area contributed by atoms with E-state index < -0.39 is 5.54 Å². The fraction of sp³-hybridized carbons (Fsp3) is 0.500. The summed E-state index contributed by atoms with van der Waals surface area (Å²) in [5.41, 5.74) is 0.0383. The summed E-state index contributed by atoms with van der Waals surface area (Å²) in [6.07, 6.45) is 4.64. The quantitative estimate of drug-likeness (QED) is 0.420. The Labute approximate surface area is 167 Å². The summed E-state index contributed by atoms with van der Waals surface area (Å²) in [6.45, 7) is 4.59. The molecule has 0 radical (unpaired) electrons. The van der Waals surface area contributed by atoms with Crippen LogP contribution in [0, 0.1) is 17.2 Å². The number of ether oxygens (including phenoxy) is 1. The highest BCUT2D eigenvalue weighted by atomic mass is 32.2. The van der Waals surface area contributed by atoms with E-state index in [-0.39, 0.29) is 17.8 Å². The number of anilines is 1. The average Bonchev–Trinajstić information content (AvgIpc) is 3.12. The Bertz CT molecular complexity index is 849. The van der Waals surface area contributed by atoms with Gasteiger partial charge in [0.2, 0.25) is 0 Å². The molecule has 0 N–H and O–H groups in total. The molecule has 2 aliphatic rings. The monoisotopic (exact) mass is 404 g/mol. The lowest BCUT2D eigenvalue weighted by Crippen LogP contribution is -2.45. The standard InChI is InChI=1S/C18H20N4O3S2/c1-18(2)16(24)22(12-8-14(27-3)13(9-19)20-10-12)17(26)21(18)6-4-11-5-7-25-15(11)23/h8,10-11H,4-7H2,1-3H3. The number of carbonyl (C=O) groups excluding carboxylic acids is 2. The first kappa shape index (κ1) is 19.6. The van der Waals surface area contributed by atoms with Crippen LogP contribution in [0.1, 0.15) is 32.4 Å². The van der Waals surface area contributed by atoms with Crippen LogP contribution in [-0.2, 0) is 14.3 Å². The molecule has 1 unspecified atom stereocenters. The summed E-state index contributed by atoms with van der Waals surface area (Å²) in [5.74, 6) is -0.477. The predicted octanol–water partition coefficient (Wildman–Crippen LogP) is 2.34. The fourth-order valence-corrected chi connectivity index (χ4v) is 4.36. The lowest BCUT2D eigenvalue weighted by molar-refractivity contribution is -0.141. The molecule has 3 heterocycles. The average molecular weight is 405 g/mol. The van der Waals surface area contributed by atoms with Gasteiger partial charge in [0.25, 0.3) is 5.91 Å². The third kappa shape index (κ3) is 3.39. The number of aromatic nitrogens is 1. The van der Waals surface area contributed by atoms with Crippen molar-refractivity contribution in [3.8, 4) is 6.07 Å². The number of thiocarbonyl (C=S) groups is 1. The van der Waals surface area contributed by atoms with Crippen molar-refractivity contribution in [2.24, 2.45) is 5.92 Å². The number of nitriles is 1. The van der Waals surface area contributed by atoms with E-state index in [9.17, 15) is 9.59 Å². The van der Waals surface area contributed by atoms with Gasteiger partial charge < -0.3 is 9.64 Å². The van der Waals surface area contributed by atoms with Gasteiger partial charge in [-0.25, -0.2) is 4.98 Å². The van der Waals surface area contributed by atoms with E-state index in [4.69, 9.17) is 22.2 Å². The molecule has 0 aliphatic carbocycles. The number of thioether (sulfide) groups is 1. The maximum absolute atomic E-state index is 13.1. The van der Waals surface area contributed by atoms with E-state index in [1.54, 1.807) is 6.07 Å². The summed E-state index contributed by atoms with van der Waals surface area (Å²) in [6, 6.07) is 3.80. The van der Waals surface area contributed by atoms with Crippen molar-refractivity contribution in [1.29, 1.82) is 5.26 Å². The van der Waals surface area contributed by atoms with Crippen molar-refractivity contribution in [3.05, 3.63) is 18.0 Å². The van der Waals surface area contributed by atoms with Gasteiger partial charge in [-0.05, 0) is 51.2 Å². The zero-order chi connectivity index (χ0) is 19.8. The second-order valence-electron chi connectivity index (χ2n) is 6.93. The minimum atomic E-state index is -0.826. The molecule has 1 aromatic rings. The number of carbonyl (C=O) groups is 2. The fourth-order valence-electron chi connectivity index (χ4n) is 3.32. The van der Waals surface area contributed by atoms with Gasteiger partial charge in [0.05, 0.1) is 24.4 Å². The Morgan fingerprint density at radius 3 is 2.81 bits per heavy atom. The molecule has 0 bridgehead atoms. The molecule has 2 saturated heterocycles. The maximum atomic E-state index is 13.1. The summed E-state index contributed by atoms with van der Waals surface area (Å²) in [4.78, 5) is 33.0. The van der Waals surface area contributed by atoms with Crippen LogP contribution >= 0.6 is 24.0 Å². The minimum Gasteiger partial charge on any atom is -0.465 e. The van der Waals surface area contributed by atoms with Gasteiger partial charge >= 0.3 is 5.97 Å². The lowest BCUT2D eigenvalue weighted by Gasteiger charge is -2.29. The zero-order valence-electron chi connectivity index (χ0n) is 15.4. The van der Waals surface area contributed by atoms with E-state index >= 15 is 0 Å². The number of esters is 1. The molecule has 2 aliphatic heterocycles. The van der Waals surface area contributed by atoms with Crippen LogP contribution in [0.4, 0.5) is 5.69 Å². The Morgan fingerprint density at radius 2 is 2.22 bits per heavy atom. The SMILES string of the molecule is CSc1cc(N2C(=O)C(C)(C)N(CCC3CCOC3=O)C2=S)cnc1C#N. The van der Waals surface area contributed by atoms with Crippen LogP contribution in [-0.4, -0.2) is 51.8 Å². The van der Waals surface area contributed by atoms with Crippen LogP contribution < -0.4 is 4.90 Å². The molecule has 1 amide bonds. The summed E-state index contributed by atoms with van der Waals surface area (Å²) >= 11 is 6.99. The van der Waals surface area contributed by atoms with Crippen LogP contribution in [0.15, 0.2) is 17.2 Å². The smallest absolute Gasteiger partial charge is 0.309 e. The van der Waals surface area contributed by atoms with Crippen molar-refractivity contribution in [2.75, 3.05) is 24.3 Å². The normalized spacial score (nSPS) is 21.6. The van der Waals surface area contributed by atoms with Crippen molar-refractivity contribution < 1.29 is 14.3 Å². The minimum absolute atomic E-state index is 0.146. The van der Waals surface area contributed by atoms with Crippen LogP contribution in [0.2, 0.25) is 0 Å². The molecule has 142 valence electrons. The van der Waals surface area contributed by atoms with Gasteiger partial charge in [0.1, 0.15) is 11.6 Å². The van der Waals surface area contributed by atoms with Gasteiger partial charge in [-0.15, -0.1) is 11.8 Å². The van der Waals surface area contributed by atoms with E-state index in [1.165, 1.54) is 22.9 Å². The van der Waals surface area contributed by atoms with Gasteiger partial charge in [-0.3, -0.25) is 14.5 Å². The third-order valence-corrected chi connectivity index (χ3v) is 6.14. The van der Waals surface area contributed by atoms with E-state index in [0.29, 0.717) is 47.4 Å². The third-order valence-electron chi connectivity index (χ3n) is 4.99. The second kappa shape index (κ2) is 7.44. The molecule has 1 atom stereocenters. The molecule has 2 fully saturated rings. The summed E-state index contributed by atoms with van der Waals surface area (Å²) in [5, 5.41) is 9.54. The lowest BCUT2D eigenvalue weighted by atomic mass is 10.0. The first-order valence-corrected chi connectivity index (χ1v) is 10.2. The molecule has 0 spiro atoms. The molecule has 7 nitrogen and oxygen atoms in total. The molecule has 0 aromatic carbocycles. The Morgan fingerprint density at radius 1 is 1.48 bits per heavy atom. The molecular formula is C18H20N4O3S2. The number of pyridine rings is 1. The number of cyclic esters (lactones) is 1. The van der Waals surface area contributed by atoms with Crippen LogP contribution in [0.5, 0.6) is 0 Å². The molecular weight excluding hydrogens is 384 g/mol. The summed E-state index contributed by atoms with van der Waals surface area (Å²) < 4.78 is 5.01. The Balaban J connectivity index is 1.85. The number of hydrogen-bond donors (Lipinski definition) is 0. The van der Waals surface area contributed by atoms with Crippen molar-refractivity contribution in [1.82, 2.24) is 9.88 Å². The highest BCUT2D eigenvalue weighted by molar-refractivity contribution is 7.98. The van der Waals surface area contributed by atoms with Crippen molar-refractivity contribution in [2.45, 2.75) is 37.1 Å². The Hall–Kier alpha value is -2.18. The number of amides is 1. The highest BCUT2D eigenvalue weighted by Gasteiger charge is 2.49. The Kier molecular flexibility index (Phi) is 5.40. The van der Waals surface area contributed by atoms with Crippen molar-refractivity contribution >= 4 is 46.7 Å². The largest absolute Gasteiger partial charge is 0.465 e. The topological polar surface area (TPSA) is 86.5 Å². The zero-order valence-corrected chi connectivity index (χ0v) is 17.0. The summed E-state index contributed by atoms with van der Waals surface area (Å²) in [7, 11) is 0. The van der Waals surface area contributed by atoms with Crippen LogP contribution in [0.25, 0.3) is 0 Å². The molecule has 9 heteroatoms. The number of nitrogens with zero attached hydrogens (tertiary/aromatic N) is 4.